The Morgan fingerprint density at radius 3 is 2.62 bits per heavy atom. The van der Waals surface area contributed by atoms with Crippen LogP contribution in [0.3, 0.4) is 0 Å². The van der Waals surface area contributed by atoms with Gasteiger partial charge in [0.15, 0.2) is 0 Å². The fraction of sp³-hybridized carbons (Fsp3) is 0.263. The van der Waals surface area contributed by atoms with Crippen molar-refractivity contribution in [3.05, 3.63) is 57.7 Å². The number of carbonyl (C=O) groups excluding carboxylic acids is 1. The number of alkyl halides is 3. The molecule has 154 valence electrons. The van der Waals surface area contributed by atoms with Crippen molar-refractivity contribution in [2.24, 2.45) is 0 Å². The predicted molar refractivity (Wildman–Crippen MR) is 105 cm³/mol. The van der Waals surface area contributed by atoms with Gasteiger partial charge >= 0.3 is 6.18 Å². The van der Waals surface area contributed by atoms with E-state index in [1.807, 2.05) is 22.2 Å². The van der Waals surface area contributed by atoms with Crippen LogP contribution >= 0.6 is 22.7 Å². The lowest BCUT2D eigenvalue weighted by Gasteiger charge is -2.14. The summed E-state index contributed by atoms with van der Waals surface area (Å²) in [7, 11) is 0. The molecule has 0 aliphatic heterocycles. The Kier molecular flexibility index (Phi) is 6.88. The SMILES string of the molecule is O=C(Cc1csc(-c2ccsc2)n1)NCC(O)COc1ccc(C(F)(F)F)cc1. The molecule has 29 heavy (non-hydrogen) atoms. The largest absolute Gasteiger partial charge is 0.491 e. The molecule has 0 radical (unpaired) electrons. The first-order chi connectivity index (χ1) is 13.8. The predicted octanol–water partition coefficient (Wildman–Crippen LogP) is 3.99. The Balaban J connectivity index is 1.40. The number of thiazole rings is 1. The minimum absolute atomic E-state index is 0.0407. The van der Waals surface area contributed by atoms with Crippen molar-refractivity contribution in [2.45, 2.75) is 18.7 Å². The number of rotatable bonds is 8. The lowest BCUT2D eigenvalue weighted by atomic mass is 10.2. The van der Waals surface area contributed by atoms with E-state index in [0.717, 1.165) is 22.7 Å². The number of nitrogens with zero attached hydrogens (tertiary/aromatic N) is 1. The maximum atomic E-state index is 12.5. The number of hydrogen-bond donors (Lipinski definition) is 2. The molecule has 1 unspecified atom stereocenters. The van der Waals surface area contributed by atoms with Gasteiger partial charge in [0.25, 0.3) is 0 Å². The van der Waals surface area contributed by atoms with Crippen LogP contribution in [0.25, 0.3) is 10.6 Å². The van der Waals surface area contributed by atoms with E-state index in [-0.39, 0.29) is 31.2 Å². The van der Waals surface area contributed by atoms with Crippen molar-refractivity contribution in [1.29, 1.82) is 0 Å². The zero-order valence-corrected chi connectivity index (χ0v) is 16.6. The molecule has 0 saturated carbocycles. The van der Waals surface area contributed by atoms with E-state index in [1.165, 1.54) is 23.5 Å². The minimum atomic E-state index is -4.41. The van der Waals surface area contributed by atoms with Crippen molar-refractivity contribution >= 4 is 28.6 Å². The second-order valence-electron chi connectivity index (χ2n) is 6.12. The molecule has 0 saturated heterocycles. The number of benzene rings is 1. The number of amides is 1. The third-order valence-corrected chi connectivity index (χ3v) is 5.44. The average Bonchev–Trinajstić information content (AvgIpc) is 3.36. The molecule has 3 aromatic rings. The highest BCUT2D eigenvalue weighted by molar-refractivity contribution is 7.14. The van der Waals surface area contributed by atoms with Gasteiger partial charge in [0.05, 0.1) is 17.7 Å². The van der Waals surface area contributed by atoms with Crippen LogP contribution in [0.2, 0.25) is 0 Å². The van der Waals surface area contributed by atoms with Crippen LogP contribution in [-0.4, -0.2) is 35.3 Å². The summed E-state index contributed by atoms with van der Waals surface area (Å²) in [6.07, 6.45) is -5.32. The van der Waals surface area contributed by atoms with Gasteiger partial charge in [0.1, 0.15) is 23.5 Å². The molecule has 1 amide bonds. The van der Waals surface area contributed by atoms with Crippen LogP contribution in [0.1, 0.15) is 11.3 Å². The number of aromatic nitrogens is 1. The second kappa shape index (κ2) is 9.38. The van der Waals surface area contributed by atoms with E-state index in [2.05, 4.69) is 10.3 Å². The first kappa shape index (κ1) is 21.3. The summed E-state index contributed by atoms with van der Waals surface area (Å²) in [6.45, 7) is -0.203. The van der Waals surface area contributed by atoms with E-state index < -0.39 is 17.8 Å². The number of ether oxygens (including phenoxy) is 1. The molecular formula is C19H17F3N2O3S2. The maximum absolute atomic E-state index is 12.5. The molecule has 2 heterocycles. The summed E-state index contributed by atoms with van der Waals surface area (Å²) in [4.78, 5) is 16.4. The molecule has 0 fully saturated rings. The monoisotopic (exact) mass is 442 g/mol. The van der Waals surface area contributed by atoms with Crippen molar-refractivity contribution in [1.82, 2.24) is 10.3 Å². The molecule has 1 aromatic carbocycles. The third-order valence-electron chi connectivity index (χ3n) is 3.82. The molecule has 0 bridgehead atoms. The van der Waals surface area contributed by atoms with Gasteiger partial charge in [-0.15, -0.1) is 11.3 Å². The van der Waals surface area contributed by atoms with Gasteiger partial charge in [-0.25, -0.2) is 4.98 Å². The molecule has 0 aliphatic rings. The van der Waals surface area contributed by atoms with Crippen LogP contribution in [0, 0.1) is 0 Å². The highest BCUT2D eigenvalue weighted by atomic mass is 32.1. The highest BCUT2D eigenvalue weighted by Crippen LogP contribution is 2.30. The van der Waals surface area contributed by atoms with Crippen molar-refractivity contribution in [3.63, 3.8) is 0 Å². The normalized spacial score (nSPS) is 12.6. The molecule has 3 rings (SSSR count). The first-order valence-electron chi connectivity index (χ1n) is 8.53. The lowest BCUT2D eigenvalue weighted by Crippen LogP contribution is -2.36. The second-order valence-corrected chi connectivity index (χ2v) is 7.76. The van der Waals surface area contributed by atoms with Crippen molar-refractivity contribution in [2.75, 3.05) is 13.2 Å². The average molecular weight is 442 g/mol. The summed E-state index contributed by atoms with van der Waals surface area (Å²) in [5, 5.41) is 19.1. The molecule has 10 heteroatoms. The lowest BCUT2D eigenvalue weighted by molar-refractivity contribution is -0.137. The van der Waals surface area contributed by atoms with Gasteiger partial charge in [-0.2, -0.15) is 24.5 Å². The number of nitrogens with one attached hydrogen (secondary N) is 1. The zero-order valence-electron chi connectivity index (χ0n) is 15.0. The first-order valence-corrected chi connectivity index (χ1v) is 10.4. The molecule has 2 aromatic heterocycles. The topological polar surface area (TPSA) is 71.5 Å². The van der Waals surface area contributed by atoms with Crippen molar-refractivity contribution in [3.8, 4) is 16.3 Å². The smallest absolute Gasteiger partial charge is 0.416 e. The van der Waals surface area contributed by atoms with Gasteiger partial charge in [-0.3, -0.25) is 4.79 Å². The Morgan fingerprint density at radius 2 is 1.97 bits per heavy atom. The third kappa shape index (κ3) is 6.28. The van der Waals surface area contributed by atoms with Crippen LogP contribution in [0.5, 0.6) is 5.75 Å². The number of halogens is 3. The molecule has 0 spiro atoms. The minimum Gasteiger partial charge on any atom is -0.491 e. The fourth-order valence-corrected chi connectivity index (χ4v) is 3.89. The molecular weight excluding hydrogens is 425 g/mol. The van der Waals surface area contributed by atoms with E-state index >= 15 is 0 Å². The van der Waals surface area contributed by atoms with Gasteiger partial charge in [-0.05, 0) is 35.7 Å². The van der Waals surface area contributed by atoms with E-state index in [4.69, 9.17) is 4.74 Å². The Labute approximate surface area is 172 Å². The summed E-state index contributed by atoms with van der Waals surface area (Å²) in [5.41, 5.74) is 0.883. The highest BCUT2D eigenvalue weighted by Gasteiger charge is 2.30. The van der Waals surface area contributed by atoms with Crippen LogP contribution in [0.15, 0.2) is 46.5 Å². The molecule has 1 atom stereocenters. The zero-order chi connectivity index (χ0) is 20.9. The summed E-state index contributed by atoms with van der Waals surface area (Å²) in [5.74, 6) is -0.0902. The van der Waals surface area contributed by atoms with Gasteiger partial charge in [0.2, 0.25) is 5.91 Å². The Morgan fingerprint density at radius 1 is 1.21 bits per heavy atom. The summed E-state index contributed by atoms with van der Waals surface area (Å²) in [6, 6.07) is 6.13. The van der Waals surface area contributed by atoms with E-state index in [1.54, 1.807) is 11.3 Å². The van der Waals surface area contributed by atoms with Crippen LogP contribution < -0.4 is 10.1 Å². The quantitative estimate of drug-likeness (QED) is 0.554. The molecule has 0 aliphatic carbocycles. The van der Waals surface area contributed by atoms with Crippen LogP contribution in [0.4, 0.5) is 13.2 Å². The Hall–Kier alpha value is -2.43. The molecule has 2 N–H and O–H groups in total. The number of thiophene rings is 1. The van der Waals surface area contributed by atoms with Crippen molar-refractivity contribution < 1.29 is 27.8 Å². The standard InChI is InChI=1S/C19H17F3N2O3S2/c20-19(21,22)13-1-3-16(4-2-13)27-9-15(25)8-23-17(26)7-14-11-29-18(24-14)12-5-6-28-10-12/h1-6,10-11,15,25H,7-9H2,(H,23,26). The summed E-state index contributed by atoms with van der Waals surface area (Å²) < 4.78 is 42.8. The fourth-order valence-electron chi connectivity index (χ4n) is 2.36. The number of carbonyl (C=O) groups is 1. The van der Waals surface area contributed by atoms with E-state index in [0.29, 0.717) is 5.69 Å². The van der Waals surface area contributed by atoms with Crippen LogP contribution in [-0.2, 0) is 17.4 Å². The Bertz CT molecular complexity index is 925. The van der Waals surface area contributed by atoms with Gasteiger partial charge in [-0.1, -0.05) is 0 Å². The summed E-state index contributed by atoms with van der Waals surface area (Å²) >= 11 is 3.03. The van der Waals surface area contributed by atoms with E-state index in [9.17, 15) is 23.1 Å². The molecule has 5 nitrogen and oxygen atoms in total. The maximum Gasteiger partial charge on any atom is 0.416 e. The number of hydrogen-bond acceptors (Lipinski definition) is 6. The van der Waals surface area contributed by atoms with Gasteiger partial charge < -0.3 is 15.2 Å². The number of aliphatic hydroxyl groups is 1. The number of aliphatic hydroxyl groups excluding tert-OH is 1. The van der Waals surface area contributed by atoms with Gasteiger partial charge in [0, 0.05) is 22.9 Å².